The number of hydrogen-bond donors (Lipinski definition) is 1. The van der Waals surface area contributed by atoms with Gasteiger partial charge in [0.05, 0.1) is 5.56 Å². The smallest absolute Gasteiger partial charge is 0.314 e. The van der Waals surface area contributed by atoms with Crippen molar-refractivity contribution < 1.29 is 14.2 Å². The summed E-state index contributed by atoms with van der Waals surface area (Å²) >= 11 is 3.48. The topological polar surface area (TPSA) is 70.6 Å². The number of halogens is 1. The van der Waals surface area contributed by atoms with E-state index in [1.165, 1.54) is 0 Å². The number of piperazine rings is 1. The van der Waals surface area contributed by atoms with Crippen LogP contribution < -0.4 is 9.88 Å². The third-order valence-corrected chi connectivity index (χ3v) is 6.60. The van der Waals surface area contributed by atoms with Crippen LogP contribution in [0.15, 0.2) is 41.0 Å². The molecule has 5 rings (SSSR count). The average Bonchev–Trinajstić information content (AvgIpc) is 3.17. The first-order valence-corrected chi connectivity index (χ1v) is 10.8. The van der Waals surface area contributed by atoms with Crippen molar-refractivity contribution in [2.45, 2.75) is 38.8 Å². The number of amides is 2. The number of fused-ring (bicyclic) bond motifs is 5. The summed E-state index contributed by atoms with van der Waals surface area (Å²) in [4.78, 5) is 27.8. The molecular formula is C22H23BrN5O2+. The Bertz CT molecular complexity index is 1230. The minimum Gasteiger partial charge on any atom is -0.349 e. The van der Waals surface area contributed by atoms with Crippen molar-refractivity contribution >= 4 is 33.4 Å². The molecule has 1 aromatic carbocycles. The van der Waals surface area contributed by atoms with Gasteiger partial charge < -0.3 is 5.32 Å². The Labute approximate surface area is 182 Å². The minimum absolute atomic E-state index is 0.136. The predicted octanol–water partition coefficient (Wildman–Crippen LogP) is 2.61. The lowest BCUT2D eigenvalue weighted by Crippen LogP contribution is -2.71. The third kappa shape index (κ3) is 2.49. The lowest BCUT2D eigenvalue weighted by molar-refractivity contribution is -0.732. The molecule has 1 atom stereocenters. The number of carbonyl (C=O) groups is 2. The van der Waals surface area contributed by atoms with Gasteiger partial charge in [0.2, 0.25) is 5.69 Å². The fourth-order valence-electron chi connectivity index (χ4n) is 4.47. The Hall–Kier alpha value is -2.74. The van der Waals surface area contributed by atoms with Crippen LogP contribution >= 0.6 is 15.9 Å². The van der Waals surface area contributed by atoms with Gasteiger partial charge in [0.1, 0.15) is 5.69 Å². The van der Waals surface area contributed by atoms with Crippen LogP contribution in [0.4, 0.5) is 0 Å². The Balaban J connectivity index is 1.84. The average molecular weight is 469 g/mol. The largest absolute Gasteiger partial charge is 0.349 e. The third-order valence-electron chi connectivity index (χ3n) is 6.08. The fraction of sp³-hybridized carbons (Fsp3) is 0.364. The Morgan fingerprint density at radius 2 is 1.90 bits per heavy atom. The van der Waals surface area contributed by atoms with E-state index in [9.17, 15) is 9.59 Å². The van der Waals surface area contributed by atoms with Gasteiger partial charge in [0.15, 0.2) is 6.20 Å². The summed E-state index contributed by atoms with van der Waals surface area (Å²) in [5.74, 6) is -0.307. The van der Waals surface area contributed by atoms with Gasteiger partial charge in [0, 0.05) is 30.0 Å². The summed E-state index contributed by atoms with van der Waals surface area (Å²) in [6, 6.07) is 10.1. The summed E-state index contributed by atoms with van der Waals surface area (Å²) in [6.07, 6.45) is 1.76. The van der Waals surface area contributed by atoms with E-state index in [2.05, 4.69) is 48.1 Å². The molecule has 1 unspecified atom stereocenters. The number of carbonyl (C=O) groups excluding carboxylic acids is 2. The number of rotatable bonds is 1. The standard InChI is InChI=1S/C22H22BrN5O2/c1-21(2,3)15-11-16(13-5-7-14(23)8-6-13)25-27-12-17-19(29)26-10-9-24-20(30)22(26,4)28(17)18(15)27/h5-8,11-12H,9-10H2,1-4H3/p+1. The SMILES string of the molecule is CC(C)(C)c1cc(-c2ccc(Br)cc2)nn2cc3[n+](c12)C1(C)C(=O)NCCN1C3=O. The van der Waals surface area contributed by atoms with Gasteiger partial charge in [-0.25, -0.2) is 0 Å². The van der Waals surface area contributed by atoms with Crippen molar-refractivity contribution in [2.24, 2.45) is 0 Å². The monoisotopic (exact) mass is 468 g/mol. The van der Waals surface area contributed by atoms with Crippen molar-refractivity contribution in [3.63, 3.8) is 0 Å². The van der Waals surface area contributed by atoms with Gasteiger partial charge in [-0.05, 0) is 23.6 Å². The first-order valence-electron chi connectivity index (χ1n) is 9.98. The molecule has 2 aliphatic heterocycles. The quantitative estimate of drug-likeness (QED) is 0.558. The lowest BCUT2D eigenvalue weighted by atomic mass is 9.87. The maximum absolute atomic E-state index is 13.2. The van der Waals surface area contributed by atoms with E-state index in [0.29, 0.717) is 18.8 Å². The molecule has 30 heavy (non-hydrogen) atoms. The number of nitrogens with zero attached hydrogens (tertiary/aromatic N) is 4. The van der Waals surface area contributed by atoms with Gasteiger partial charge in [0.25, 0.3) is 11.6 Å². The van der Waals surface area contributed by atoms with Crippen LogP contribution in [-0.2, 0) is 15.9 Å². The van der Waals surface area contributed by atoms with E-state index in [1.54, 1.807) is 15.6 Å². The Kier molecular flexibility index (Phi) is 3.93. The Morgan fingerprint density at radius 3 is 2.57 bits per heavy atom. The zero-order chi connectivity index (χ0) is 21.4. The number of hydrogen-bond acceptors (Lipinski definition) is 3. The second kappa shape index (κ2) is 6.14. The van der Waals surface area contributed by atoms with Crippen molar-refractivity contribution in [1.29, 1.82) is 0 Å². The molecule has 0 spiro atoms. The molecule has 0 bridgehead atoms. The number of aromatic nitrogens is 3. The highest BCUT2D eigenvalue weighted by Crippen LogP contribution is 2.34. The fourth-order valence-corrected chi connectivity index (χ4v) is 4.74. The highest BCUT2D eigenvalue weighted by Gasteiger charge is 2.60. The molecule has 1 fully saturated rings. The molecule has 7 nitrogen and oxygen atoms in total. The second-order valence-electron chi connectivity index (χ2n) is 9.05. The van der Waals surface area contributed by atoms with Gasteiger partial charge in [-0.3, -0.25) is 14.5 Å². The highest BCUT2D eigenvalue weighted by atomic mass is 79.9. The van der Waals surface area contributed by atoms with Crippen molar-refractivity contribution in [1.82, 2.24) is 19.8 Å². The lowest BCUT2D eigenvalue weighted by Gasteiger charge is -2.35. The van der Waals surface area contributed by atoms with Crippen LogP contribution in [0.1, 0.15) is 43.7 Å². The summed E-state index contributed by atoms with van der Waals surface area (Å²) < 4.78 is 4.62. The van der Waals surface area contributed by atoms with Crippen LogP contribution in [0.25, 0.3) is 16.9 Å². The second-order valence-corrected chi connectivity index (χ2v) is 9.97. The molecule has 4 heterocycles. The van der Waals surface area contributed by atoms with E-state index in [0.717, 1.165) is 26.9 Å². The number of benzene rings is 1. The zero-order valence-electron chi connectivity index (χ0n) is 17.4. The molecule has 8 heteroatoms. The molecule has 1 N–H and O–H groups in total. The molecule has 1 saturated heterocycles. The molecular weight excluding hydrogens is 446 g/mol. The van der Waals surface area contributed by atoms with Gasteiger partial charge in [-0.2, -0.15) is 4.57 Å². The van der Waals surface area contributed by atoms with Gasteiger partial charge >= 0.3 is 11.6 Å². The maximum Gasteiger partial charge on any atom is 0.314 e. The Morgan fingerprint density at radius 1 is 1.20 bits per heavy atom. The van der Waals surface area contributed by atoms with E-state index in [-0.39, 0.29) is 17.2 Å². The molecule has 0 aliphatic carbocycles. The highest BCUT2D eigenvalue weighted by molar-refractivity contribution is 9.10. The maximum atomic E-state index is 13.2. The molecule has 2 aromatic heterocycles. The predicted molar refractivity (Wildman–Crippen MR) is 115 cm³/mol. The number of nitrogens with one attached hydrogen (secondary N) is 1. The van der Waals surface area contributed by atoms with E-state index < -0.39 is 5.66 Å². The molecule has 2 aliphatic rings. The summed E-state index contributed by atoms with van der Waals surface area (Å²) in [5, 5.41) is 7.74. The summed E-state index contributed by atoms with van der Waals surface area (Å²) in [5.41, 5.74) is 2.76. The summed E-state index contributed by atoms with van der Waals surface area (Å²) in [6.45, 7) is 9.16. The molecule has 3 aromatic rings. The molecule has 154 valence electrons. The van der Waals surface area contributed by atoms with Crippen LogP contribution in [0, 0.1) is 0 Å². The van der Waals surface area contributed by atoms with Crippen LogP contribution in [0.5, 0.6) is 0 Å². The van der Waals surface area contributed by atoms with Crippen molar-refractivity contribution in [3.05, 3.63) is 52.3 Å². The van der Waals surface area contributed by atoms with Gasteiger partial charge in [-0.15, -0.1) is 0 Å². The van der Waals surface area contributed by atoms with Crippen LogP contribution in [0.2, 0.25) is 0 Å². The molecule has 2 amide bonds. The first-order chi connectivity index (χ1) is 14.1. The zero-order valence-corrected chi connectivity index (χ0v) is 18.9. The minimum atomic E-state index is -1.10. The molecule has 0 saturated carbocycles. The van der Waals surface area contributed by atoms with Crippen LogP contribution in [0.3, 0.4) is 0 Å². The van der Waals surface area contributed by atoms with E-state index in [4.69, 9.17) is 5.10 Å². The number of imidazole rings is 1. The van der Waals surface area contributed by atoms with Crippen molar-refractivity contribution in [2.75, 3.05) is 13.1 Å². The first kappa shape index (κ1) is 19.2. The van der Waals surface area contributed by atoms with E-state index in [1.807, 2.05) is 35.8 Å². The van der Waals surface area contributed by atoms with Crippen LogP contribution in [-0.4, -0.2) is 39.4 Å². The normalized spacial score (nSPS) is 21.0. The summed E-state index contributed by atoms with van der Waals surface area (Å²) in [7, 11) is 0. The van der Waals surface area contributed by atoms with Crippen molar-refractivity contribution in [3.8, 4) is 11.3 Å². The van der Waals surface area contributed by atoms with Gasteiger partial charge in [-0.1, -0.05) is 58.4 Å². The molecule has 0 radical (unpaired) electrons. The van der Waals surface area contributed by atoms with E-state index >= 15 is 0 Å².